The highest BCUT2D eigenvalue weighted by atomic mass is 32.2. The van der Waals surface area contributed by atoms with Gasteiger partial charge in [0.05, 0.1) is 17.3 Å². The number of nitrogens with zero attached hydrogens (tertiary/aromatic N) is 1. The zero-order valence-corrected chi connectivity index (χ0v) is 15.3. The first-order valence-corrected chi connectivity index (χ1v) is 9.50. The van der Waals surface area contributed by atoms with Gasteiger partial charge >= 0.3 is 0 Å². The molecule has 0 aliphatic rings. The quantitative estimate of drug-likeness (QED) is 0.651. The minimum absolute atomic E-state index is 0.00758. The van der Waals surface area contributed by atoms with Gasteiger partial charge in [-0.05, 0) is 36.6 Å². The van der Waals surface area contributed by atoms with Crippen LogP contribution in [0.1, 0.15) is 31.0 Å². The summed E-state index contributed by atoms with van der Waals surface area (Å²) in [5, 5.41) is 4.17. The average molecular weight is 350 g/mol. The standard InChI is InChI=1S/C21H22N2OS/c1-3-16-8-10-17(11-9-16)15(2)23-21(24)14-25-20-12-13-22-19-7-5-4-6-18(19)20/h4-13,15H,3,14H2,1-2H3,(H,23,24). The molecule has 0 saturated heterocycles. The third kappa shape index (κ3) is 4.40. The van der Waals surface area contributed by atoms with Crippen molar-refractivity contribution in [2.75, 3.05) is 5.75 Å². The van der Waals surface area contributed by atoms with Crippen LogP contribution in [0, 0.1) is 0 Å². The first kappa shape index (κ1) is 17.5. The van der Waals surface area contributed by atoms with Crippen molar-refractivity contribution in [2.24, 2.45) is 0 Å². The summed E-state index contributed by atoms with van der Waals surface area (Å²) in [6, 6.07) is 18.4. The van der Waals surface area contributed by atoms with Gasteiger partial charge in [-0.15, -0.1) is 11.8 Å². The second-order valence-electron chi connectivity index (χ2n) is 6.00. The molecule has 0 fully saturated rings. The third-order valence-corrected chi connectivity index (χ3v) is 5.31. The average Bonchev–Trinajstić information content (AvgIpc) is 2.66. The molecular weight excluding hydrogens is 328 g/mol. The maximum absolute atomic E-state index is 12.3. The van der Waals surface area contributed by atoms with E-state index in [0.717, 1.165) is 27.8 Å². The monoisotopic (exact) mass is 350 g/mol. The van der Waals surface area contributed by atoms with Gasteiger partial charge in [-0.25, -0.2) is 0 Å². The second kappa shape index (κ2) is 8.17. The fourth-order valence-electron chi connectivity index (χ4n) is 2.75. The smallest absolute Gasteiger partial charge is 0.230 e. The van der Waals surface area contributed by atoms with Crippen molar-refractivity contribution in [1.82, 2.24) is 10.3 Å². The van der Waals surface area contributed by atoms with Gasteiger partial charge in [-0.1, -0.05) is 49.4 Å². The predicted molar refractivity (Wildman–Crippen MR) is 105 cm³/mol. The lowest BCUT2D eigenvalue weighted by molar-refractivity contribution is -0.119. The summed E-state index contributed by atoms with van der Waals surface area (Å²) >= 11 is 1.55. The van der Waals surface area contributed by atoms with Crippen molar-refractivity contribution in [3.8, 4) is 0 Å². The number of thioether (sulfide) groups is 1. The number of hydrogen-bond acceptors (Lipinski definition) is 3. The number of aryl methyl sites for hydroxylation is 1. The van der Waals surface area contributed by atoms with Crippen LogP contribution in [0.25, 0.3) is 10.9 Å². The summed E-state index contributed by atoms with van der Waals surface area (Å²) in [6.07, 6.45) is 2.82. The van der Waals surface area contributed by atoms with Crippen LogP contribution in [0.3, 0.4) is 0 Å². The maximum Gasteiger partial charge on any atom is 0.230 e. The van der Waals surface area contributed by atoms with E-state index in [-0.39, 0.29) is 11.9 Å². The van der Waals surface area contributed by atoms with Crippen LogP contribution in [-0.4, -0.2) is 16.6 Å². The number of carbonyl (C=O) groups is 1. The predicted octanol–water partition coefficient (Wildman–Crippen LogP) is 4.77. The molecule has 0 radical (unpaired) electrons. The normalized spacial score (nSPS) is 12.1. The molecule has 1 N–H and O–H groups in total. The molecule has 0 saturated carbocycles. The van der Waals surface area contributed by atoms with E-state index in [9.17, 15) is 4.79 Å². The molecule has 25 heavy (non-hydrogen) atoms. The Morgan fingerprint density at radius 3 is 2.64 bits per heavy atom. The van der Waals surface area contributed by atoms with E-state index < -0.39 is 0 Å². The lowest BCUT2D eigenvalue weighted by Gasteiger charge is -2.15. The number of benzene rings is 2. The summed E-state index contributed by atoms with van der Waals surface area (Å²) in [7, 11) is 0. The molecule has 4 heteroatoms. The Morgan fingerprint density at radius 2 is 1.88 bits per heavy atom. The van der Waals surface area contributed by atoms with Gasteiger partial charge in [0, 0.05) is 16.5 Å². The topological polar surface area (TPSA) is 42.0 Å². The van der Waals surface area contributed by atoms with E-state index in [0.29, 0.717) is 5.75 Å². The van der Waals surface area contributed by atoms with Gasteiger partial charge in [0.2, 0.25) is 5.91 Å². The first-order chi connectivity index (χ1) is 12.2. The molecule has 0 spiro atoms. The molecule has 1 heterocycles. The molecule has 3 nitrogen and oxygen atoms in total. The van der Waals surface area contributed by atoms with Gasteiger partial charge in [0.15, 0.2) is 0 Å². The Morgan fingerprint density at radius 1 is 1.12 bits per heavy atom. The van der Waals surface area contributed by atoms with Gasteiger partial charge in [0.1, 0.15) is 0 Å². The number of fused-ring (bicyclic) bond motifs is 1. The van der Waals surface area contributed by atoms with Crippen molar-refractivity contribution >= 4 is 28.6 Å². The largest absolute Gasteiger partial charge is 0.349 e. The number of carbonyl (C=O) groups excluding carboxylic acids is 1. The number of pyridine rings is 1. The van der Waals surface area contributed by atoms with Crippen molar-refractivity contribution in [3.63, 3.8) is 0 Å². The Labute approximate surface area is 152 Å². The number of rotatable bonds is 6. The van der Waals surface area contributed by atoms with Gasteiger partial charge in [0.25, 0.3) is 0 Å². The van der Waals surface area contributed by atoms with Crippen molar-refractivity contribution < 1.29 is 4.79 Å². The van der Waals surface area contributed by atoms with Crippen LogP contribution in [-0.2, 0) is 11.2 Å². The van der Waals surface area contributed by atoms with E-state index in [1.54, 1.807) is 18.0 Å². The van der Waals surface area contributed by atoms with E-state index in [2.05, 4.69) is 41.5 Å². The van der Waals surface area contributed by atoms with Gasteiger partial charge < -0.3 is 5.32 Å². The van der Waals surface area contributed by atoms with Crippen LogP contribution >= 0.6 is 11.8 Å². The molecule has 128 valence electrons. The lowest BCUT2D eigenvalue weighted by atomic mass is 10.1. The Bertz CT molecular complexity index is 856. The van der Waals surface area contributed by atoms with E-state index in [1.165, 1.54) is 5.56 Å². The molecule has 3 rings (SSSR count). The molecule has 1 amide bonds. The maximum atomic E-state index is 12.3. The fourth-order valence-corrected chi connectivity index (χ4v) is 3.60. The Balaban J connectivity index is 1.60. The number of aromatic nitrogens is 1. The number of amides is 1. The molecule has 0 bridgehead atoms. The minimum Gasteiger partial charge on any atom is -0.349 e. The summed E-state index contributed by atoms with van der Waals surface area (Å²) < 4.78 is 0. The summed E-state index contributed by atoms with van der Waals surface area (Å²) in [5.41, 5.74) is 3.39. The van der Waals surface area contributed by atoms with Crippen LogP contribution < -0.4 is 5.32 Å². The first-order valence-electron chi connectivity index (χ1n) is 8.52. The van der Waals surface area contributed by atoms with E-state index in [4.69, 9.17) is 0 Å². The zero-order chi connectivity index (χ0) is 17.6. The van der Waals surface area contributed by atoms with Crippen molar-refractivity contribution in [1.29, 1.82) is 0 Å². The number of hydrogen-bond donors (Lipinski definition) is 1. The molecule has 3 aromatic rings. The highest BCUT2D eigenvalue weighted by Gasteiger charge is 2.11. The number of nitrogens with one attached hydrogen (secondary N) is 1. The van der Waals surface area contributed by atoms with E-state index >= 15 is 0 Å². The molecule has 0 aliphatic carbocycles. The Kier molecular flexibility index (Phi) is 5.71. The molecule has 1 atom stereocenters. The van der Waals surface area contributed by atoms with Crippen LogP contribution in [0.2, 0.25) is 0 Å². The molecule has 1 aromatic heterocycles. The lowest BCUT2D eigenvalue weighted by Crippen LogP contribution is -2.28. The van der Waals surface area contributed by atoms with E-state index in [1.807, 2.05) is 37.3 Å². The molecule has 2 aromatic carbocycles. The van der Waals surface area contributed by atoms with Crippen molar-refractivity contribution in [3.05, 3.63) is 71.9 Å². The highest BCUT2D eigenvalue weighted by molar-refractivity contribution is 8.00. The highest BCUT2D eigenvalue weighted by Crippen LogP contribution is 2.26. The second-order valence-corrected chi connectivity index (χ2v) is 7.02. The van der Waals surface area contributed by atoms with Gasteiger partial charge in [-0.3, -0.25) is 9.78 Å². The number of para-hydroxylation sites is 1. The Hall–Kier alpha value is -2.33. The van der Waals surface area contributed by atoms with Crippen LogP contribution in [0.4, 0.5) is 0 Å². The van der Waals surface area contributed by atoms with Crippen LogP contribution in [0.15, 0.2) is 65.7 Å². The van der Waals surface area contributed by atoms with Crippen LogP contribution in [0.5, 0.6) is 0 Å². The fraction of sp³-hybridized carbons (Fsp3) is 0.238. The molecule has 0 aliphatic heterocycles. The zero-order valence-electron chi connectivity index (χ0n) is 14.5. The summed E-state index contributed by atoms with van der Waals surface area (Å²) in [6.45, 7) is 4.16. The molecule has 1 unspecified atom stereocenters. The molecular formula is C21H22N2OS. The summed E-state index contributed by atoms with van der Waals surface area (Å²) in [5.74, 6) is 0.434. The van der Waals surface area contributed by atoms with Gasteiger partial charge in [-0.2, -0.15) is 0 Å². The van der Waals surface area contributed by atoms with Crippen molar-refractivity contribution in [2.45, 2.75) is 31.2 Å². The third-order valence-electron chi connectivity index (χ3n) is 4.23. The summed E-state index contributed by atoms with van der Waals surface area (Å²) in [4.78, 5) is 17.8. The SMILES string of the molecule is CCc1ccc(C(C)NC(=O)CSc2ccnc3ccccc23)cc1. The minimum atomic E-state index is 0.00758.